The lowest BCUT2D eigenvalue weighted by Crippen LogP contribution is -2.28. The second-order valence-corrected chi connectivity index (χ2v) is 4.38. The largest absolute Gasteiger partial charge is 0.364 e. The lowest BCUT2D eigenvalue weighted by Gasteiger charge is -2.02. The molecule has 10 heteroatoms. The number of hydrogen-bond acceptors (Lipinski definition) is 6. The molecule has 1 aromatic heterocycles. The third-order valence-electron chi connectivity index (χ3n) is 2.61. The molecule has 120 valence electrons. The number of aromatic nitrogens is 3. The van der Waals surface area contributed by atoms with E-state index in [1.54, 1.807) is 6.07 Å². The molecule has 0 radical (unpaired) electrons. The number of aromatic amines is 2. The lowest BCUT2D eigenvalue weighted by atomic mass is 10.2. The van der Waals surface area contributed by atoms with E-state index >= 15 is 0 Å². The molecule has 0 atom stereocenters. The van der Waals surface area contributed by atoms with Crippen LogP contribution in [0.2, 0.25) is 0 Å². The molecule has 4 N–H and O–H groups in total. The van der Waals surface area contributed by atoms with Gasteiger partial charge in [0.25, 0.3) is 5.56 Å². The summed E-state index contributed by atoms with van der Waals surface area (Å²) in [6, 6.07) is 5.73. The number of hydrazone groups is 1. The van der Waals surface area contributed by atoms with Crippen LogP contribution in [-0.2, 0) is 4.79 Å². The van der Waals surface area contributed by atoms with Crippen LogP contribution >= 0.6 is 0 Å². The second-order valence-electron chi connectivity index (χ2n) is 4.38. The summed E-state index contributed by atoms with van der Waals surface area (Å²) in [5.41, 5.74) is 1.37. The van der Waals surface area contributed by atoms with Gasteiger partial charge in [0.2, 0.25) is 11.7 Å². The Bertz CT molecular complexity index is 829. The summed E-state index contributed by atoms with van der Waals surface area (Å²) in [4.78, 5) is 35.6. The average molecular weight is 320 g/mol. The number of benzene rings is 1. The minimum atomic E-state index is -0.718. The van der Waals surface area contributed by atoms with Crippen LogP contribution in [0.15, 0.2) is 39.0 Å². The van der Waals surface area contributed by atoms with E-state index in [4.69, 9.17) is 0 Å². The Morgan fingerprint density at radius 1 is 1.39 bits per heavy atom. The van der Waals surface area contributed by atoms with E-state index in [9.17, 15) is 18.8 Å². The summed E-state index contributed by atoms with van der Waals surface area (Å²) >= 11 is 0. The highest BCUT2D eigenvalue weighted by atomic mass is 19.1. The third kappa shape index (κ3) is 5.19. The van der Waals surface area contributed by atoms with Crippen molar-refractivity contribution >= 4 is 17.9 Å². The molecule has 23 heavy (non-hydrogen) atoms. The Hall–Kier alpha value is -3.30. The van der Waals surface area contributed by atoms with Crippen molar-refractivity contribution in [3.8, 4) is 0 Å². The fourth-order valence-electron chi connectivity index (χ4n) is 1.58. The zero-order valence-electron chi connectivity index (χ0n) is 11.8. The minimum Gasteiger partial charge on any atom is -0.364 e. The standard InChI is InChI=1S/C13H13FN6O3/c14-9-3-1-2-8(6-9)7-16-18-10(21)4-5-15-11-12(22)17-13(23)20-19-11/h1-3,6-7H,4-5H2,(H,15,19)(H,18,21)(H2,17,20,22,23)/b16-7+. The van der Waals surface area contributed by atoms with Crippen molar-refractivity contribution in [3.63, 3.8) is 0 Å². The number of H-pyrrole nitrogens is 2. The van der Waals surface area contributed by atoms with Crippen LogP contribution in [0, 0.1) is 5.82 Å². The molecule has 9 nitrogen and oxygen atoms in total. The highest BCUT2D eigenvalue weighted by Crippen LogP contribution is 2.00. The molecule has 1 amide bonds. The van der Waals surface area contributed by atoms with E-state index in [-0.39, 0.29) is 18.8 Å². The molecule has 2 aromatic rings. The van der Waals surface area contributed by atoms with Crippen molar-refractivity contribution in [1.29, 1.82) is 0 Å². The number of amides is 1. The molecule has 0 fully saturated rings. The fourth-order valence-corrected chi connectivity index (χ4v) is 1.58. The molecular formula is C13H13FN6O3. The van der Waals surface area contributed by atoms with E-state index in [0.29, 0.717) is 5.56 Å². The number of nitrogens with zero attached hydrogens (tertiary/aromatic N) is 2. The van der Waals surface area contributed by atoms with Gasteiger partial charge in [0.05, 0.1) is 6.21 Å². The normalized spacial score (nSPS) is 10.7. The van der Waals surface area contributed by atoms with Crippen LogP contribution in [0.3, 0.4) is 0 Å². The van der Waals surface area contributed by atoms with E-state index < -0.39 is 23.0 Å². The van der Waals surface area contributed by atoms with Gasteiger partial charge in [-0.25, -0.2) is 19.7 Å². The van der Waals surface area contributed by atoms with Crippen LogP contribution < -0.4 is 22.0 Å². The summed E-state index contributed by atoms with van der Waals surface area (Å²) in [6.45, 7) is 0.115. The smallest absolute Gasteiger partial charge is 0.342 e. The van der Waals surface area contributed by atoms with Crippen molar-refractivity contribution in [2.75, 3.05) is 11.9 Å². The van der Waals surface area contributed by atoms with Gasteiger partial charge in [-0.1, -0.05) is 12.1 Å². The first kappa shape index (κ1) is 16.1. The van der Waals surface area contributed by atoms with Gasteiger partial charge in [-0.15, -0.1) is 5.10 Å². The lowest BCUT2D eigenvalue weighted by molar-refractivity contribution is -0.120. The maximum atomic E-state index is 12.9. The van der Waals surface area contributed by atoms with E-state index in [1.165, 1.54) is 24.4 Å². The highest BCUT2D eigenvalue weighted by Gasteiger charge is 2.03. The van der Waals surface area contributed by atoms with Crippen molar-refractivity contribution in [1.82, 2.24) is 20.6 Å². The number of halogens is 1. The molecule has 0 unspecified atom stereocenters. The predicted octanol–water partition coefficient (Wildman–Crippen LogP) is -0.450. The predicted molar refractivity (Wildman–Crippen MR) is 80.7 cm³/mol. The first-order valence-corrected chi connectivity index (χ1v) is 6.55. The van der Waals surface area contributed by atoms with Gasteiger partial charge in [0, 0.05) is 13.0 Å². The zero-order valence-corrected chi connectivity index (χ0v) is 11.8. The first-order chi connectivity index (χ1) is 11.0. The van der Waals surface area contributed by atoms with Crippen LogP contribution in [0.1, 0.15) is 12.0 Å². The van der Waals surface area contributed by atoms with E-state index in [1.807, 2.05) is 4.98 Å². The average Bonchev–Trinajstić information content (AvgIpc) is 2.49. The van der Waals surface area contributed by atoms with Crippen molar-refractivity contribution in [2.24, 2.45) is 5.10 Å². The van der Waals surface area contributed by atoms with Crippen LogP contribution in [0.25, 0.3) is 0 Å². The highest BCUT2D eigenvalue weighted by molar-refractivity contribution is 5.82. The van der Waals surface area contributed by atoms with Gasteiger partial charge in [0.15, 0.2) is 0 Å². The monoisotopic (exact) mass is 320 g/mol. The molecule has 0 aliphatic rings. The van der Waals surface area contributed by atoms with Crippen molar-refractivity contribution < 1.29 is 9.18 Å². The van der Waals surface area contributed by atoms with Gasteiger partial charge >= 0.3 is 5.69 Å². The molecule has 2 rings (SSSR count). The molecule has 0 bridgehead atoms. The Morgan fingerprint density at radius 3 is 2.96 bits per heavy atom. The summed E-state index contributed by atoms with van der Waals surface area (Å²) in [5, 5.41) is 11.8. The number of hydrogen-bond donors (Lipinski definition) is 4. The third-order valence-corrected chi connectivity index (χ3v) is 2.61. The Morgan fingerprint density at radius 2 is 2.22 bits per heavy atom. The molecule has 0 saturated heterocycles. The maximum absolute atomic E-state index is 12.9. The van der Waals surface area contributed by atoms with Gasteiger partial charge in [-0.3, -0.25) is 14.6 Å². The maximum Gasteiger partial charge on any atom is 0.342 e. The molecule has 0 spiro atoms. The quantitative estimate of drug-likeness (QED) is 0.423. The first-order valence-electron chi connectivity index (χ1n) is 6.55. The summed E-state index contributed by atoms with van der Waals surface area (Å²) in [6.07, 6.45) is 1.32. The number of carbonyl (C=O) groups is 1. The van der Waals surface area contributed by atoms with Gasteiger partial charge < -0.3 is 5.32 Å². The van der Waals surface area contributed by atoms with Gasteiger partial charge in [-0.05, 0) is 17.7 Å². The van der Waals surface area contributed by atoms with E-state index in [0.717, 1.165) is 0 Å². The molecule has 1 heterocycles. The van der Waals surface area contributed by atoms with Gasteiger partial charge in [-0.2, -0.15) is 5.10 Å². The second kappa shape index (κ2) is 7.64. The van der Waals surface area contributed by atoms with Crippen molar-refractivity contribution in [3.05, 3.63) is 56.5 Å². The molecule has 1 aromatic carbocycles. The van der Waals surface area contributed by atoms with E-state index in [2.05, 4.69) is 26.0 Å². The summed E-state index contributed by atoms with van der Waals surface area (Å²) in [7, 11) is 0. The number of anilines is 1. The minimum absolute atomic E-state index is 0.0146. The molecule has 0 aliphatic heterocycles. The fraction of sp³-hybridized carbons (Fsp3) is 0.154. The van der Waals surface area contributed by atoms with Crippen LogP contribution in [0.4, 0.5) is 10.2 Å². The Kier molecular flexibility index (Phi) is 5.34. The van der Waals surface area contributed by atoms with Crippen LogP contribution in [-0.4, -0.2) is 33.8 Å². The summed E-state index contributed by atoms with van der Waals surface area (Å²) < 4.78 is 12.9. The zero-order chi connectivity index (χ0) is 16.7. The number of carbonyl (C=O) groups excluding carboxylic acids is 1. The SMILES string of the molecule is O=C(CCNc1n[nH]c(=O)[nH]c1=O)N/N=C/c1cccc(F)c1. The molecule has 0 aliphatic carbocycles. The number of rotatable bonds is 6. The molecule has 0 saturated carbocycles. The van der Waals surface area contributed by atoms with Gasteiger partial charge in [0.1, 0.15) is 5.82 Å². The van der Waals surface area contributed by atoms with Crippen LogP contribution in [0.5, 0.6) is 0 Å². The topological polar surface area (TPSA) is 132 Å². The Labute approximate surface area is 128 Å². The molecular weight excluding hydrogens is 307 g/mol. The van der Waals surface area contributed by atoms with Crippen molar-refractivity contribution in [2.45, 2.75) is 6.42 Å². The number of nitrogens with one attached hydrogen (secondary N) is 4. The summed E-state index contributed by atoms with van der Waals surface area (Å²) in [5.74, 6) is -0.908. The Balaban J connectivity index is 1.77.